The van der Waals surface area contributed by atoms with Gasteiger partial charge in [0.05, 0.1) is 17.9 Å². The lowest BCUT2D eigenvalue weighted by Gasteiger charge is -2.36. The van der Waals surface area contributed by atoms with Crippen LogP contribution in [-0.2, 0) is 28.9 Å². The van der Waals surface area contributed by atoms with Gasteiger partial charge in [-0.3, -0.25) is 9.48 Å². The Morgan fingerprint density at radius 3 is 2.88 bits per heavy atom. The number of nitrogens with zero attached hydrogens (tertiary/aromatic N) is 2. The number of amides is 1. The number of benzene rings is 1. The van der Waals surface area contributed by atoms with Gasteiger partial charge in [0.1, 0.15) is 11.5 Å². The number of carbonyl (C=O) groups excluding carboxylic acids is 2. The van der Waals surface area contributed by atoms with Crippen LogP contribution in [0.1, 0.15) is 58.3 Å². The second-order valence-electron chi connectivity index (χ2n) is 8.43. The van der Waals surface area contributed by atoms with E-state index in [0.29, 0.717) is 44.8 Å². The van der Waals surface area contributed by atoms with E-state index in [1.807, 2.05) is 6.92 Å². The van der Waals surface area contributed by atoms with Crippen molar-refractivity contribution < 1.29 is 23.5 Å². The van der Waals surface area contributed by atoms with Crippen LogP contribution in [0.2, 0.25) is 5.02 Å². The standard InChI is InChI=1S/C23H27ClFN3O4/c1-2-28-20-17(13-23(14-26-21(20)29)7-10-31-11-8-23)19(27-28)4-3-9-32-22(30)16-6-5-15(24)12-18(16)25/h5-6,12H,2-4,7-11,13-14H2,1H3,(H,26,29). The van der Waals surface area contributed by atoms with Gasteiger partial charge < -0.3 is 14.8 Å². The summed E-state index contributed by atoms with van der Waals surface area (Å²) in [6.45, 7) is 4.70. The Morgan fingerprint density at radius 2 is 2.16 bits per heavy atom. The summed E-state index contributed by atoms with van der Waals surface area (Å²) in [5.74, 6) is -1.52. The van der Waals surface area contributed by atoms with Gasteiger partial charge in [-0.2, -0.15) is 5.10 Å². The zero-order valence-corrected chi connectivity index (χ0v) is 18.8. The van der Waals surface area contributed by atoms with Crippen LogP contribution in [0.4, 0.5) is 4.39 Å². The number of rotatable bonds is 6. The minimum atomic E-state index is -0.724. The van der Waals surface area contributed by atoms with Crippen LogP contribution in [0.5, 0.6) is 0 Å². The van der Waals surface area contributed by atoms with Crippen molar-refractivity contribution in [2.45, 2.75) is 45.6 Å². The first-order chi connectivity index (χ1) is 15.4. The molecule has 172 valence electrons. The number of ether oxygens (including phenoxy) is 2. The summed E-state index contributed by atoms with van der Waals surface area (Å²) in [5.41, 5.74) is 2.31. The smallest absolute Gasteiger partial charge is 0.341 e. The third kappa shape index (κ3) is 4.66. The number of hydrogen-bond donors (Lipinski definition) is 1. The monoisotopic (exact) mass is 463 g/mol. The van der Waals surface area contributed by atoms with Crippen LogP contribution in [0, 0.1) is 11.2 Å². The highest BCUT2D eigenvalue weighted by molar-refractivity contribution is 6.30. The summed E-state index contributed by atoms with van der Waals surface area (Å²) in [6, 6.07) is 3.85. The van der Waals surface area contributed by atoms with Crippen molar-refractivity contribution >= 4 is 23.5 Å². The molecule has 1 saturated heterocycles. The van der Waals surface area contributed by atoms with E-state index in [1.165, 1.54) is 12.1 Å². The van der Waals surface area contributed by atoms with Gasteiger partial charge in [0.15, 0.2) is 0 Å². The maximum Gasteiger partial charge on any atom is 0.341 e. The Hall–Kier alpha value is -2.45. The average molecular weight is 464 g/mol. The summed E-state index contributed by atoms with van der Waals surface area (Å²) in [5, 5.41) is 8.00. The molecule has 7 nitrogen and oxygen atoms in total. The van der Waals surface area contributed by atoms with E-state index in [4.69, 9.17) is 21.1 Å². The molecule has 1 aromatic carbocycles. The third-order valence-corrected chi connectivity index (χ3v) is 6.55. The minimum absolute atomic E-state index is 0.0198. The molecule has 1 aromatic heterocycles. The Bertz CT molecular complexity index is 1020. The molecule has 0 saturated carbocycles. The molecule has 0 aliphatic carbocycles. The summed E-state index contributed by atoms with van der Waals surface area (Å²) in [6.07, 6.45) is 3.65. The van der Waals surface area contributed by atoms with Crippen LogP contribution in [0.25, 0.3) is 0 Å². The molecule has 0 bridgehead atoms. The van der Waals surface area contributed by atoms with Crippen molar-refractivity contribution in [3.05, 3.63) is 51.6 Å². The van der Waals surface area contributed by atoms with E-state index in [1.54, 1.807) is 4.68 Å². The quantitative estimate of drug-likeness (QED) is 0.523. The molecule has 1 amide bonds. The molecule has 1 N–H and O–H groups in total. The molecule has 9 heteroatoms. The fourth-order valence-corrected chi connectivity index (χ4v) is 4.66. The number of carbonyl (C=O) groups is 2. The molecule has 1 spiro atoms. The van der Waals surface area contributed by atoms with Crippen LogP contribution in [-0.4, -0.2) is 48.0 Å². The number of aromatic nitrogens is 2. The topological polar surface area (TPSA) is 82.5 Å². The minimum Gasteiger partial charge on any atom is -0.462 e. The van der Waals surface area contributed by atoms with Crippen LogP contribution >= 0.6 is 11.6 Å². The van der Waals surface area contributed by atoms with E-state index in [9.17, 15) is 14.0 Å². The summed E-state index contributed by atoms with van der Waals surface area (Å²) >= 11 is 5.73. The Kier molecular flexibility index (Phi) is 6.81. The van der Waals surface area contributed by atoms with Gasteiger partial charge in [0.25, 0.3) is 5.91 Å². The van der Waals surface area contributed by atoms with Crippen molar-refractivity contribution in [2.24, 2.45) is 5.41 Å². The Balaban J connectivity index is 1.45. The largest absolute Gasteiger partial charge is 0.462 e. The van der Waals surface area contributed by atoms with Gasteiger partial charge in [0.2, 0.25) is 0 Å². The van der Waals surface area contributed by atoms with E-state index in [0.717, 1.165) is 36.6 Å². The van der Waals surface area contributed by atoms with Crippen molar-refractivity contribution in [3.8, 4) is 0 Å². The lowest BCUT2D eigenvalue weighted by atomic mass is 9.75. The lowest BCUT2D eigenvalue weighted by molar-refractivity contribution is 0.0160. The van der Waals surface area contributed by atoms with Crippen molar-refractivity contribution in [2.75, 3.05) is 26.4 Å². The van der Waals surface area contributed by atoms with Crippen LogP contribution < -0.4 is 5.32 Å². The number of nitrogens with one attached hydrogen (secondary N) is 1. The van der Waals surface area contributed by atoms with Crippen molar-refractivity contribution in [3.63, 3.8) is 0 Å². The van der Waals surface area contributed by atoms with Gasteiger partial charge in [-0.25, -0.2) is 9.18 Å². The number of halogens is 2. The van der Waals surface area contributed by atoms with Gasteiger partial charge in [-0.15, -0.1) is 0 Å². The van der Waals surface area contributed by atoms with Gasteiger partial charge in [-0.05, 0) is 62.6 Å². The van der Waals surface area contributed by atoms with Crippen LogP contribution in [0.3, 0.4) is 0 Å². The third-order valence-electron chi connectivity index (χ3n) is 6.32. The number of esters is 1. The highest BCUT2D eigenvalue weighted by Crippen LogP contribution is 2.37. The zero-order chi connectivity index (χ0) is 22.7. The fraction of sp³-hybridized carbons (Fsp3) is 0.522. The van der Waals surface area contributed by atoms with Crippen LogP contribution in [0.15, 0.2) is 18.2 Å². The predicted molar refractivity (Wildman–Crippen MR) is 116 cm³/mol. The molecular weight excluding hydrogens is 437 g/mol. The number of fused-ring (bicyclic) bond motifs is 1. The van der Waals surface area contributed by atoms with Crippen molar-refractivity contribution in [1.29, 1.82) is 0 Å². The lowest BCUT2D eigenvalue weighted by Crippen LogP contribution is -2.40. The van der Waals surface area contributed by atoms with E-state index < -0.39 is 11.8 Å². The summed E-state index contributed by atoms with van der Waals surface area (Å²) in [7, 11) is 0. The zero-order valence-electron chi connectivity index (χ0n) is 18.1. The maximum absolute atomic E-state index is 13.9. The Morgan fingerprint density at radius 1 is 1.38 bits per heavy atom. The first-order valence-electron chi connectivity index (χ1n) is 11.0. The summed E-state index contributed by atoms with van der Waals surface area (Å²) in [4.78, 5) is 25.0. The highest BCUT2D eigenvalue weighted by atomic mass is 35.5. The number of hydrogen-bond acceptors (Lipinski definition) is 5. The second-order valence-corrected chi connectivity index (χ2v) is 8.86. The maximum atomic E-state index is 13.9. The SMILES string of the molecule is CCn1nc(CCCOC(=O)c2ccc(Cl)cc2F)c2c1C(=O)NCC1(CCOCC1)C2. The molecule has 0 unspecified atom stereocenters. The molecule has 0 radical (unpaired) electrons. The van der Waals surface area contributed by atoms with E-state index >= 15 is 0 Å². The molecule has 3 heterocycles. The average Bonchev–Trinajstić information content (AvgIpc) is 3.05. The van der Waals surface area contributed by atoms with Gasteiger partial charge in [-0.1, -0.05) is 11.6 Å². The van der Waals surface area contributed by atoms with Gasteiger partial charge in [0, 0.05) is 36.9 Å². The normalized spacial score (nSPS) is 17.5. The molecular formula is C23H27ClFN3O4. The van der Waals surface area contributed by atoms with E-state index in [-0.39, 0.29) is 28.5 Å². The predicted octanol–water partition coefficient (Wildman–Crippen LogP) is 3.57. The summed E-state index contributed by atoms with van der Waals surface area (Å²) < 4.78 is 26.5. The second kappa shape index (κ2) is 9.58. The van der Waals surface area contributed by atoms with E-state index in [2.05, 4.69) is 10.4 Å². The molecule has 32 heavy (non-hydrogen) atoms. The molecule has 4 rings (SSSR count). The Labute approximate surface area is 191 Å². The molecule has 0 atom stereocenters. The first kappa shape index (κ1) is 22.7. The highest BCUT2D eigenvalue weighted by Gasteiger charge is 2.39. The van der Waals surface area contributed by atoms with Gasteiger partial charge >= 0.3 is 5.97 Å². The first-order valence-corrected chi connectivity index (χ1v) is 11.4. The fourth-order valence-electron chi connectivity index (χ4n) is 4.50. The molecule has 1 fully saturated rings. The van der Waals surface area contributed by atoms with Crippen molar-refractivity contribution in [1.82, 2.24) is 15.1 Å². The number of aryl methyl sites for hydroxylation is 2. The molecule has 2 aliphatic rings. The molecule has 2 aliphatic heterocycles. The molecule has 2 aromatic rings.